The highest BCUT2D eigenvalue weighted by atomic mass is 16.5. The van der Waals surface area contributed by atoms with E-state index in [0.29, 0.717) is 6.04 Å². The van der Waals surface area contributed by atoms with Crippen LogP contribution in [0.3, 0.4) is 0 Å². The summed E-state index contributed by atoms with van der Waals surface area (Å²) in [6, 6.07) is 7.49. The molecular formula is C16H26N2O. The van der Waals surface area contributed by atoms with Crippen molar-refractivity contribution in [3.05, 3.63) is 29.3 Å². The lowest BCUT2D eigenvalue weighted by Crippen LogP contribution is -2.41. The molecule has 2 rings (SSSR count). The van der Waals surface area contributed by atoms with Crippen LogP contribution in [0, 0.1) is 6.92 Å². The van der Waals surface area contributed by atoms with Crippen molar-refractivity contribution in [1.82, 2.24) is 10.2 Å². The summed E-state index contributed by atoms with van der Waals surface area (Å²) < 4.78 is 5.51. The quantitative estimate of drug-likeness (QED) is 0.853. The van der Waals surface area contributed by atoms with E-state index in [0.717, 1.165) is 18.3 Å². The summed E-state index contributed by atoms with van der Waals surface area (Å²) in [4.78, 5) is 2.48. The Kier molecular flexibility index (Phi) is 4.83. The number of nitrogens with one attached hydrogen (secondary N) is 1. The Labute approximate surface area is 116 Å². The summed E-state index contributed by atoms with van der Waals surface area (Å²) >= 11 is 0. The molecule has 1 N–H and O–H groups in total. The van der Waals surface area contributed by atoms with Gasteiger partial charge in [0.15, 0.2) is 0 Å². The second kappa shape index (κ2) is 6.40. The standard InChI is InChI=1S/C16H26N2O/c1-12-8-9-16(19-4)14(10-12)15(17-2)11-18(3)13-6-5-7-13/h8-10,13,15,17H,5-7,11H2,1-4H3. The smallest absolute Gasteiger partial charge is 0.123 e. The van der Waals surface area contributed by atoms with E-state index in [2.05, 4.69) is 42.4 Å². The number of likely N-dealkylation sites (N-methyl/N-ethyl adjacent to an activating group) is 2. The third-order valence-corrected chi connectivity index (χ3v) is 4.28. The average Bonchev–Trinajstić information content (AvgIpc) is 2.33. The number of hydrogen-bond acceptors (Lipinski definition) is 3. The topological polar surface area (TPSA) is 24.5 Å². The molecule has 0 saturated heterocycles. The Hall–Kier alpha value is -1.06. The molecule has 1 aromatic carbocycles. The van der Waals surface area contributed by atoms with Gasteiger partial charge in [-0.25, -0.2) is 0 Å². The molecule has 0 aliphatic heterocycles. The van der Waals surface area contributed by atoms with E-state index in [9.17, 15) is 0 Å². The zero-order chi connectivity index (χ0) is 13.8. The van der Waals surface area contributed by atoms with E-state index in [1.54, 1.807) is 7.11 Å². The van der Waals surface area contributed by atoms with Gasteiger partial charge in [-0.2, -0.15) is 0 Å². The van der Waals surface area contributed by atoms with Crippen LogP contribution in [-0.2, 0) is 0 Å². The SMILES string of the molecule is CNC(CN(C)C1CCC1)c1cc(C)ccc1OC. The monoisotopic (exact) mass is 262 g/mol. The molecule has 0 amide bonds. The first-order valence-electron chi connectivity index (χ1n) is 7.17. The summed E-state index contributed by atoms with van der Waals surface area (Å²) in [6.45, 7) is 3.16. The molecule has 1 unspecified atom stereocenters. The fourth-order valence-electron chi connectivity index (χ4n) is 2.74. The Morgan fingerprint density at radius 2 is 2.16 bits per heavy atom. The molecule has 0 bridgehead atoms. The molecule has 0 aromatic heterocycles. The Balaban J connectivity index is 2.13. The van der Waals surface area contributed by atoms with Crippen molar-refractivity contribution in [2.75, 3.05) is 27.7 Å². The molecule has 1 atom stereocenters. The molecular weight excluding hydrogens is 236 g/mol. The number of benzene rings is 1. The maximum Gasteiger partial charge on any atom is 0.123 e. The summed E-state index contributed by atoms with van der Waals surface area (Å²) in [7, 11) is 6.01. The van der Waals surface area contributed by atoms with Crippen LogP contribution in [0.15, 0.2) is 18.2 Å². The van der Waals surface area contributed by atoms with Gasteiger partial charge in [-0.1, -0.05) is 24.1 Å². The molecule has 0 heterocycles. The summed E-state index contributed by atoms with van der Waals surface area (Å²) in [5.74, 6) is 0.979. The van der Waals surface area contributed by atoms with Crippen LogP contribution >= 0.6 is 0 Å². The number of methoxy groups -OCH3 is 1. The zero-order valence-corrected chi connectivity index (χ0v) is 12.6. The molecule has 1 fully saturated rings. The van der Waals surface area contributed by atoms with Gasteiger partial charge in [-0.15, -0.1) is 0 Å². The molecule has 1 aliphatic carbocycles. The second-order valence-corrected chi connectivity index (χ2v) is 5.61. The molecule has 3 heteroatoms. The highest BCUT2D eigenvalue weighted by Gasteiger charge is 2.25. The Bertz CT molecular complexity index is 415. The lowest BCUT2D eigenvalue weighted by Gasteiger charge is -2.37. The first kappa shape index (κ1) is 14.4. The van der Waals surface area contributed by atoms with Gasteiger partial charge < -0.3 is 15.0 Å². The molecule has 1 aromatic rings. The number of ether oxygens (including phenoxy) is 1. The van der Waals surface area contributed by atoms with Gasteiger partial charge >= 0.3 is 0 Å². The van der Waals surface area contributed by atoms with E-state index in [1.165, 1.54) is 30.4 Å². The van der Waals surface area contributed by atoms with Crippen molar-refractivity contribution in [2.45, 2.75) is 38.3 Å². The maximum atomic E-state index is 5.51. The molecule has 1 saturated carbocycles. The minimum Gasteiger partial charge on any atom is -0.496 e. The molecule has 19 heavy (non-hydrogen) atoms. The van der Waals surface area contributed by atoms with E-state index >= 15 is 0 Å². The minimum absolute atomic E-state index is 0.320. The summed E-state index contributed by atoms with van der Waals surface area (Å²) in [5, 5.41) is 3.43. The van der Waals surface area contributed by atoms with Gasteiger partial charge in [0.05, 0.1) is 7.11 Å². The van der Waals surface area contributed by atoms with Crippen LogP contribution < -0.4 is 10.1 Å². The largest absolute Gasteiger partial charge is 0.496 e. The molecule has 0 spiro atoms. The van der Waals surface area contributed by atoms with Crippen LogP contribution in [-0.4, -0.2) is 38.7 Å². The number of hydrogen-bond donors (Lipinski definition) is 1. The number of nitrogens with zero attached hydrogens (tertiary/aromatic N) is 1. The highest BCUT2D eigenvalue weighted by molar-refractivity contribution is 5.39. The lowest BCUT2D eigenvalue weighted by atomic mass is 9.91. The van der Waals surface area contributed by atoms with Crippen LogP contribution in [0.25, 0.3) is 0 Å². The summed E-state index contributed by atoms with van der Waals surface area (Å²) in [6.07, 6.45) is 4.07. The molecule has 0 radical (unpaired) electrons. The third kappa shape index (κ3) is 3.28. The Morgan fingerprint density at radius 3 is 2.68 bits per heavy atom. The fourth-order valence-corrected chi connectivity index (χ4v) is 2.74. The fraction of sp³-hybridized carbons (Fsp3) is 0.625. The molecule has 106 valence electrons. The van der Waals surface area contributed by atoms with Crippen molar-refractivity contribution < 1.29 is 4.74 Å². The van der Waals surface area contributed by atoms with Gasteiger partial charge in [-0.05, 0) is 39.9 Å². The Morgan fingerprint density at radius 1 is 1.42 bits per heavy atom. The predicted octanol–water partition coefficient (Wildman–Crippen LogP) is 2.75. The number of aryl methyl sites for hydroxylation is 1. The van der Waals surface area contributed by atoms with Crippen molar-refractivity contribution in [3.63, 3.8) is 0 Å². The predicted molar refractivity (Wildman–Crippen MR) is 79.8 cm³/mol. The number of rotatable bonds is 6. The maximum absolute atomic E-state index is 5.51. The van der Waals surface area contributed by atoms with Crippen molar-refractivity contribution in [3.8, 4) is 5.75 Å². The van der Waals surface area contributed by atoms with E-state index in [-0.39, 0.29) is 0 Å². The van der Waals surface area contributed by atoms with Crippen LogP contribution in [0.1, 0.15) is 36.4 Å². The normalized spacial score (nSPS) is 17.3. The van der Waals surface area contributed by atoms with Gasteiger partial charge in [0.2, 0.25) is 0 Å². The van der Waals surface area contributed by atoms with Crippen molar-refractivity contribution >= 4 is 0 Å². The van der Waals surface area contributed by atoms with Crippen molar-refractivity contribution in [2.24, 2.45) is 0 Å². The summed E-state index contributed by atoms with van der Waals surface area (Å²) in [5.41, 5.74) is 2.54. The third-order valence-electron chi connectivity index (χ3n) is 4.28. The lowest BCUT2D eigenvalue weighted by molar-refractivity contribution is 0.146. The molecule has 1 aliphatic rings. The van der Waals surface area contributed by atoms with Crippen molar-refractivity contribution in [1.29, 1.82) is 0 Å². The zero-order valence-electron chi connectivity index (χ0n) is 12.6. The van der Waals surface area contributed by atoms with Crippen LogP contribution in [0.4, 0.5) is 0 Å². The van der Waals surface area contributed by atoms with Crippen LogP contribution in [0.2, 0.25) is 0 Å². The molecule has 3 nitrogen and oxygen atoms in total. The van der Waals surface area contributed by atoms with E-state index < -0.39 is 0 Å². The van der Waals surface area contributed by atoms with Gasteiger partial charge in [0.25, 0.3) is 0 Å². The van der Waals surface area contributed by atoms with Gasteiger partial charge in [-0.3, -0.25) is 0 Å². The van der Waals surface area contributed by atoms with Gasteiger partial charge in [0, 0.05) is 24.2 Å². The van der Waals surface area contributed by atoms with E-state index in [1.807, 2.05) is 7.05 Å². The van der Waals surface area contributed by atoms with Gasteiger partial charge in [0.1, 0.15) is 5.75 Å². The van der Waals surface area contributed by atoms with Crippen LogP contribution in [0.5, 0.6) is 5.75 Å². The first-order chi connectivity index (χ1) is 9.15. The second-order valence-electron chi connectivity index (χ2n) is 5.61. The first-order valence-corrected chi connectivity index (χ1v) is 7.17. The highest BCUT2D eigenvalue weighted by Crippen LogP contribution is 2.29. The minimum atomic E-state index is 0.320. The average molecular weight is 262 g/mol. The van der Waals surface area contributed by atoms with E-state index in [4.69, 9.17) is 4.74 Å².